The molecule has 0 bridgehead atoms. The summed E-state index contributed by atoms with van der Waals surface area (Å²) in [6.45, 7) is 2.05. The van der Waals surface area contributed by atoms with Crippen molar-refractivity contribution in [1.29, 1.82) is 0 Å². The number of nitrogens with one attached hydrogen (secondary N) is 3. The number of hydrogen-bond donors (Lipinski definition) is 3. The maximum absolute atomic E-state index is 4.37. The number of imidazole rings is 1. The summed E-state index contributed by atoms with van der Waals surface area (Å²) in [5.41, 5.74) is 1.74. The number of hydrogen-bond acceptors (Lipinski definition) is 4. The molecule has 1 saturated heterocycles. The molecule has 0 aromatic carbocycles. The Morgan fingerprint density at radius 3 is 3.31 bits per heavy atom. The first kappa shape index (κ1) is 9.59. The van der Waals surface area contributed by atoms with E-state index in [1.54, 1.807) is 6.20 Å². The molecule has 1 atom stereocenters. The van der Waals surface area contributed by atoms with Gasteiger partial charge in [0.2, 0.25) is 5.95 Å². The summed E-state index contributed by atoms with van der Waals surface area (Å²) in [6.07, 6.45) is 4.27. The van der Waals surface area contributed by atoms with Crippen LogP contribution in [0, 0.1) is 0 Å². The van der Waals surface area contributed by atoms with Crippen molar-refractivity contribution in [2.45, 2.75) is 18.9 Å². The smallest absolute Gasteiger partial charge is 0.202 e. The normalized spacial score (nSPS) is 20.4. The topological polar surface area (TPSA) is 65.6 Å². The maximum atomic E-state index is 4.37. The standard InChI is InChI=1S/C11H15N5/c1-3-8(12-5-1)7-14-11-15-9-4-2-6-13-10(9)16-11/h2,4,6,8,12H,1,3,5,7H2,(H2,13,14,15,16)/t8-/m1/s1. The molecule has 1 aliphatic rings. The Kier molecular flexibility index (Phi) is 2.46. The van der Waals surface area contributed by atoms with E-state index in [9.17, 15) is 0 Å². The van der Waals surface area contributed by atoms with Crippen LogP contribution in [0.2, 0.25) is 0 Å². The molecule has 0 saturated carbocycles. The van der Waals surface area contributed by atoms with E-state index in [1.807, 2.05) is 12.1 Å². The first-order valence-corrected chi connectivity index (χ1v) is 5.70. The van der Waals surface area contributed by atoms with Crippen molar-refractivity contribution in [1.82, 2.24) is 20.3 Å². The van der Waals surface area contributed by atoms with Gasteiger partial charge in [0, 0.05) is 18.8 Å². The van der Waals surface area contributed by atoms with Gasteiger partial charge in [-0.05, 0) is 31.5 Å². The average molecular weight is 217 g/mol. The summed E-state index contributed by atoms with van der Waals surface area (Å²) in [7, 11) is 0. The zero-order valence-corrected chi connectivity index (χ0v) is 9.03. The number of rotatable bonds is 3. The lowest BCUT2D eigenvalue weighted by atomic mass is 10.2. The summed E-state index contributed by atoms with van der Waals surface area (Å²) in [6, 6.07) is 4.46. The number of nitrogens with zero attached hydrogens (tertiary/aromatic N) is 2. The van der Waals surface area contributed by atoms with Gasteiger partial charge in [0.15, 0.2) is 5.65 Å². The van der Waals surface area contributed by atoms with E-state index in [1.165, 1.54) is 12.8 Å². The van der Waals surface area contributed by atoms with Gasteiger partial charge in [0.25, 0.3) is 0 Å². The molecule has 0 spiro atoms. The van der Waals surface area contributed by atoms with Crippen molar-refractivity contribution in [3.05, 3.63) is 18.3 Å². The van der Waals surface area contributed by atoms with Crippen LogP contribution < -0.4 is 10.6 Å². The Balaban J connectivity index is 1.69. The van der Waals surface area contributed by atoms with Gasteiger partial charge >= 0.3 is 0 Å². The predicted octanol–water partition coefficient (Wildman–Crippen LogP) is 1.12. The van der Waals surface area contributed by atoms with Crippen molar-refractivity contribution in [2.24, 2.45) is 0 Å². The van der Waals surface area contributed by atoms with Crippen molar-refractivity contribution in [3.63, 3.8) is 0 Å². The van der Waals surface area contributed by atoms with Crippen molar-refractivity contribution >= 4 is 17.1 Å². The molecule has 16 heavy (non-hydrogen) atoms. The van der Waals surface area contributed by atoms with Crippen LogP contribution in [0.1, 0.15) is 12.8 Å². The summed E-state index contributed by atoms with van der Waals surface area (Å²) in [5.74, 6) is 0.808. The van der Waals surface area contributed by atoms with Crippen LogP contribution in [0.15, 0.2) is 18.3 Å². The van der Waals surface area contributed by atoms with Gasteiger partial charge in [-0.15, -0.1) is 0 Å². The molecule has 1 aliphatic heterocycles. The Morgan fingerprint density at radius 2 is 2.50 bits per heavy atom. The maximum Gasteiger partial charge on any atom is 0.202 e. The molecular formula is C11H15N5. The summed E-state index contributed by atoms with van der Waals surface area (Å²) >= 11 is 0. The minimum absolute atomic E-state index is 0.571. The highest BCUT2D eigenvalue weighted by atomic mass is 15.2. The van der Waals surface area contributed by atoms with Crippen LogP contribution in [-0.2, 0) is 0 Å². The second-order valence-electron chi connectivity index (χ2n) is 4.13. The Bertz CT molecular complexity index is 439. The quantitative estimate of drug-likeness (QED) is 0.721. The Morgan fingerprint density at radius 1 is 1.50 bits per heavy atom. The van der Waals surface area contributed by atoms with E-state index in [2.05, 4.69) is 25.6 Å². The number of fused-ring (bicyclic) bond motifs is 1. The van der Waals surface area contributed by atoms with Crippen LogP contribution in [-0.4, -0.2) is 34.1 Å². The van der Waals surface area contributed by atoms with Crippen molar-refractivity contribution in [2.75, 3.05) is 18.4 Å². The first-order valence-electron chi connectivity index (χ1n) is 5.70. The van der Waals surface area contributed by atoms with Crippen LogP contribution in [0.25, 0.3) is 11.2 Å². The summed E-state index contributed by atoms with van der Waals surface area (Å²) < 4.78 is 0. The molecule has 3 N–H and O–H groups in total. The number of aromatic nitrogens is 3. The zero-order valence-electron chi connectivity index (χ0n) is 9.03. The highest BCUT2D eigenvalue weighted by molar-refractivity contribution is 5.72. The van der Waals surface area contributed by atoms with Crippen LogP contribution >= 0.6 is 0 Å². The fraction of sp³-hybridized carbons (Fsp3) is 0.455. The fourth-order valence-electron chi connectivity index (χ4n) is 2.08. The largest absolute Gasteiger partial charge is 0.354 e. The minimum Gasteiger partial charge on any atom is -0.354 e. The van der Waals surface area contributed by atoms with Crippen LogP contribution in [0.3, 0.4) is 0 Å². The molecule has 0 unspecified atom stereocenters. The van der Waals surface area contributed by atoms with Gasteiger partial charge in [-0.3, -0.25) is 0 Å². The molecule has 2 aromatic heterocycles. The van der Waals surface area contributed by atoms with E-state index in [0.717, 1.165) is 30.2 Å². The second kappa shape index (κ2) is 4.09. The van der Waals surface area contributed by atoms with Gasteiger partial charge in [-0.2, -0.15) is 4.98 Å². The molecular weight excluding hydrogens is 202 g/mol. The molecule has 0 radical (unpaired) electrons. The number of anilines is 1. The first-order chi connectivity index (χ1) is 7.92. The monoisotopic (exact) mass is 217 g/mol. The SMILES string of the molecule is c1cnc2nc(NC[C@H]3CCCN3)[nH]c2c1. The Hall–Kier alpha value is -1.62. The van der Waals surface area contributed by atoms with Crippen LogP contribution in [0.5, 0.6) is 0 Å². The number of aromatic amines is 1. The highest BCUT2D eigenvalue weighted by Gasteiger charge is 2.13. The lowest BCUT2D eigenvalue weighted by Gasteiger charge is -2.09. The van der Waals surface area contributed by atoms with Crippen molar-refractivity contribution < 1.29 is 0 Å². The highest BCUT2D eigenvalue weighted by Crippen LogP contribution is 2.11. The van der Waals surface area contributed by atoms with E-state index in [4.69, 9.17) is 0 Å². The molecule has 5 nitrogen and oxygen atoms in total. The van der Waals surface area contributed by atoms with Gasteiger partial charge in [0.05, 0.1) is 5.52 Å². The lowest BCUT2D eigenvalue weighted by molar-refractivity contribution is 0.632. The van der Waals surface area contributed by atoms with Gasteiger partial charge in [0.1, 0.15) is 0 Å². The molecule has 5 heteroatoms. The van der Waals surface area contributed by atoms with Gasteiger partial charge in [-0.25, -0.2) is 4.98 Å². The molecule has 2 aromatic rings. The molecule has 0 amide bonds. The van der Waals surface area contributed by atoms with Gasteiger partial charge in [-0.1, -0.05) is 0 Å². The Labute approximate surface area is 93.7 Å². The van der Waals surface area contributed by atoms with Crippen LogP contribution in [0.4, 0.5) is 5.95 Å². The van der Waals surface area contributed by atoms with Crippen molar-refractivity contribution in [3.8, 4) is 0 Å². The molecule has 3 heterocycles. The average Bonchev–Trinajstić information content (AvgIpc) is 2.95. The number of pyridine rings is 1. The predicted molar refractivity (Wildman–Crippen MR) is 63.4 cm³/mol. The number of H-pyrrole nitrogens is 1. The fourth-order valence-corrected chi connectivity index (χ4v) is 2.08. The molecule has 84 valence electrons. The third-order valence-electron chi connectivity index (χ3n) is 2.94. The molecule has 3 rings (SSSR count). The summed E-state index contributed by atoms with van der Waals surface area (Å²) in [4.78, 5) is 11.8. The molecule has 0 aliphatic carbocycles. The van der Waals surface area contributed by atoms with E-state index in [-0.39, 0.29) is 0 Å². The lowest BCUT2D eigenvalue weighted by Crippen LogP contribution is -2.29. The zero-order chi connectivity index (χ0) is 10.8. The van der Waals surface area contributed by atoms with E-state index < -0.39 is 0 Å². The summed E-state index contributed by atoms with van der Waals surface area (Å²) in [5, 5.41) is 6.75. The third kappa shape index (κ3) is 1.86. The van der Waals surface area contributed by atoms with E-state index in [0.29, 0.717) is 6.04 Å². The van der Waals surface area contributed by atoms with Gasteiger partial charge < -0.3 is 15.6 Å². The molecule has 1 fully saturated rings. The van der Waals surface area contributed by atoms with E-state index >= 15 is 0 Å². The third-order valence-corrected chi connectivity index (χ3v) is 2.94. The minimum atomic E-state index is 0.571. The second-order valence-corrected chi connectivity index (χ2v) is 4.13.